The first-order chi connectivity index (χ1) is 13.9. The van der Waals surface area contributed by atoms with Crippen LogP contribution in [-0.4, -0.2) is 25.5 Å². The minimum atomic E-state index is -0.839. The van der Waals surface area contributed by atoms with Crippen molar-refractivity contribution in [1.29, 1.82) is 0 Å². The van der Waals surface area contributed by atoms with Gasteiger partial charge in [-0.05, 0) is 45.2 Å². The Morgan fingerprint density at radius 1 is 0.862 bits per heavy atom. The molecule has 2 rings (SSSR count). The molecule has 1 aliphatic rings. The van der Waals surface area contributed by atoms with E-state index in [1.807, 2.05) is 45.0 Å². The third-order valence-electron chi connectivity index (χ3n) is 3.99. The van der Waals surface area contributed by atoms with Crippen molar-refractivity contribution < 1.29 is 28.5 Å². The van der Waals surface area contributed by atoms with Crippen molar-refractivity contribution in [3.05, 3.63) is 53.0 Å². The van der Waals surface area contributed by atoms with Gasteiger partial charge in [-0.25, -0.2) is 14.5 Å². The lowest BCUT2D eigenvalue weighted by molar-refractivity contribution is 0.0650. The molecular weight excluding hydrogens is 376 g/mol. The van der Waals surface area contributed by atoms with E-state index >= 15 is 0 Å². The van der Waals surface area contributed by atoms with E-state index in [4.69, 9.17) is 18.9 Å². The van der Waals surface area contributed by atoms with E-state index in [1.54, 1.807) is 18.7 Å². The van der Waals surface area contributed by atoms with E-state index in [2.05, 4.69) is 5.32 Å². The van der Waals surface area contributed by atoms with Crippen LogP contribution in [0.25, 0.3) is 0 Å². The van der Waals surface area contributed by atoms with Gasteiger partial charge in [0, 0.05) is 0 Å². The lowest BCUT2D eigenvalue weighted by atomic mass is 10.1. The van der Waals surface area contributed by atoms with Crippen LogP contribution < -0.4 is 10.2 Å². The fourth-order valence-electron chi connectivity index (χ4n) is 2.68. The average Bonchev–Trinajstić information content (AvgIpc) is 2.69. The lowest BCUT2D eigenvalue weighted by Gasteiger charge is -2.34. The van der Waals surface area contributed by atoms with E-state index in [9.17, 15) is 9.59 Å². The Hall–Kier alpha value is -3.16. The number of nitrogens with zero attached hydrogens (tertiary/aromatic N) is 1. The quantitative estimate of drug-likeness (QED) is 0.642. The highest BCUT2D eigenvalue weighted by atomic mass is 16.7. The molecule has 0 aliphatic carbocycles. The lowest BCUT2D eigenvalue weighted by Crippen LogP contribution is -2.38. The standard InChI is InChI=1S/C21H28N2O6/c1-6-12-26-20(24)28-18-15(4)22-16(5)19(29-21(25)27-13-7-2)23(18)17-11-9-8-10-14(17)3/h8-11,22H,6-7,12-13H2,1-5H3. The zero-order valence-corrected chi connectivity index (χ0v) is 17.5. The molecule has 0 atom stereocenters. The van der Waals surface area contributed by atoms with Crippen LogP contribution in [0.1, 0.15) is 46.1 Å². The summed E-state index contributed by atoms with van der Waals surface area (Å²) in [5.41, 5.74) is 2.70. The summed E-state index contributed by atoms with van der Waals surface area (Å²) in [6.45, 7) is 9.67. The van der Waals surface area contributed by atoms with E-state index in [0.29, 0.717) is 29.9 Å². The smallest absolute Gasteiger partial charge is 0.434 e. The summed E-state index contributed by atoms with van der Waals surface area (Å²) >= 11 is 0. The van der Waals surface area contributed by atoms with Crippen molar-refractivity contribution in [2.75, 3.05) is 18.1 Å². The number of ether oxygens (including phenoxy) is 4. The average molecular weight is 404 g/mol. The molecule has 0 aromatic heterocycles. The van der Waals surface area contributed by atoms with Gasteiger partial charge < -0.3 is 24.3 Å². The zero-order chi connectivity index (χ0) is 21.4. The molecule has 0 unspecified atom stereocenters. The fourth-order valence-corrected chi connectivity index (χ4v) is 2.68. The first-order valence-electron chi connectivity index (χ1n) is 9.62. The van der Waals surface area contributed by atoms with Gasteiger partial charge in [-0.2, -0.15) is 0 Å². The van der Waals surface area contributed by atoms with Crippen molar-refractivity contribution in [2.24, 2.45) is 0 Å². The van der Waals surface area contributed by atoms with Crippen LogP contribution in [0.4, 0.5) is 15.3 Å². The number of rotatable bonds is 7. The molecule has 0 fully saturated rings. The number of aryl methyl sites for hydroxylation is 1. The Labute approximate surface area is 171 Å². The second kappa shape index (κ2) is 10.4. The molecule has 1 N–H and O–H groups in total. The largest absolute Gasteiger partial charge is 0.515 e. The molecule has 0 radical (unpaired) electrons. The van der Waals surface area contributed by atoms with Crippen LogP contribution in [0, 0.1) is 6.92 Å². The highest BCUT2D eigenvalue weighted by Crippen LogP contribution is 2.34. The molecule has 0 saturated carbocycles. The molecule has 0 amide bonds. The maximum absolute atomic E-state index is 12.1. The molecule has 1 heterocycles. The fraction of sp³-hybridized carbons (Fsp3) is 0.429. The Morgan fingerprint density at radius 2 is 1.34 bits per heavy atom. The number of benzene rings is 1. The van der Waals surface area contributed by atoms with Gasteiger partial charge >= 0.3 is 12.3 Å². The second-order valence-electron chi connectivity index (χ2n) is 6.51. The summed E-state index contributed by atoms with van der Waals surface area (Å²) in [4.78, 5) is 25.9. The summed E-state index contributed by atoms with van der Waals surface area (Å²) in [5.74, 6) is 0.314. The number of anilines is 1. The molecule has 158 valence electrons. The predicted molar refractivity (Wildman–Crippen MR) is 108 cm³/mol. The van der Waals surface area contributed by atoms with E-state index < -0.39 is 12.3 Å². The monoisotopic (exact) mass is 404 g/mol. The van der Waals surface area contributed by atoms with Crippen LogP contribution in [0.2, 0.25) is 0 Å². The highest BCUT2D eigenvalue weighted by Gasteiger charge is 2.33. The molecule has 8 nitrogen and oxygen atoms in total. The maximum Gasteiger partial charge on any atom is 0.515 e. The van der Waals surface area contributed by atoms with Crippen molar-refractivity contribution >= 4 is 18.0 Å². The Balaban J connectivity index is 2.43. The first-order valence-corrected chi connectivity index (χ1v) is 9.62. The van der Waals surface area contributed by atoms with E-state index in [1.165, 1.54) is 0 Å². The molecule has 1 aromatic rings. The van der Waals surface area contributed by atoms with Crippen LogP contribution in [-0.2, 0) is 18.9 Å². The molecule has 1 aliphatic heterocycles. The third kappa shape index (κ3) is 5.66. The highest BCUT2D eigenvalue weighted by molar-refractivity contribution is 5.70. The molecule has 29 heavy (non-hydrogen) atoms. The zero-order valence-electron chi connectivity index (χ0n) is 17.5. The van der Waals surface area contributed by atoms with Gasteiger partial charge in [0.2, 0.25) is 11.8 Å². The van der Waals surface area contributed by atoms with E-state index in [-0.39, 0.29) is 25.0 Å². The summed E-state index contributed by atoms with van der Waals surface area (Å²) in [6.07, 6.45) is -0.337. The van der Waals surface area contributed by atoms with Crippen LogP contribution in [0.15, 0.2) is 47.4 Å². The number of para-hydroxylation sites is 1. The number of carbonyl (C=O) groups is 2. The van der Waals surface area contributed by atoms with Crippen molar-refractivity contribution in [2.45, 2.75) is 47.5 Å². The molecule has 0 bridgehead atoms. The van der Waals surface area contributed by atoms with Gasteiger partial charge in [-0.3, -0.25) is 0 Å². The van der Waals surface area contributed by atoms with E-state index in [0.717, 1.165) is 5.56 Å². The molecular formula is C21H28N2O6. The van der Waals surface area contributed by atoms with Gasteiger partial charge in [-0.15, -0.1) is 0 Å². The Kier molecular flexibility index (Phi) is 7.94. The van der Waals surface area contributed by atoms with Crippen LogP contribution in [0.3, 0.4) is 0 Å². The van der Waals surface area contributed by atoms with Crippen LogP contribution in [0.5, 0.6) is 0 Å². The first kappa shape index (κ1) is 22.1. The number of nitrogens with one attached hydrogen (secondary N) is 1. The minimum Gasteiger partial charge on any atom is -0.434 e. The summed E-state index contributed by atoms with van der Waals surface area (Å²) in [7, 11) is 0. The third-order valence-corrected chi connectivity index (χ3v) is 3.99. The number of allylic oxidation sites excluding steroid dienone is 2. The van der Waals surface area contributed by atoms with Gasteiger partial charge in [0.15, 0.2) is 0 Å². The minimum absolute atomic E-state index is 0.157. The maximum atomic E-state index is 12.1. The molecule has 0 spiro atoms. The van der Waals surface area contributed by atoms with Crippen molar-refractivity contribution in [3.63, 3.8) is 0 Å². The Bertz CT molecular complexity index is 771. The SMILES string of the molecule is CCCOC(=O)OC1=C(C)NC(C)=C(OC(=O)OCCC)N1c1ccccc1C. The molecule has 1 aromatic carbocycles. The Morgan fingerprint density at radius 3 is 1.79 bits per heavy atom. The van der Waals surface area contributed by atoms with Gasteiger partial charge in [-0.1, -0.05) is 32.0 Å². The number of carbonyl (C=O) groups excluding carboxylic acids is 2. The number of hydrogen-bond donors (Lipinski definition) is 1. The molecule has 0 saturated heterocycles. The van der Waals surface area contributed by atoms with Crippen molar-refractivity contribution in [1.82, 2.24) is 5.32 Å². The number of hydrogen-bond acceptors (Lipinski definition) is 8. The second-order valence-corrected chi connectivity index (χ2v) is 6.51. The normalized spacial score (nSPS) is 13.8. The van der Waals surface area contributed by atoms with Crippen LogP contribution >= 0.6 is 0 Å². The summed E-state index contributed by atoms with van der Waals surface area (Å²) < 4.78 is 21.1. The molecule has 8 heteroatoms. The van der Waals surface area contributed by atoms with Gasteiger partial charge in [0.25, 0.3) is 0 Å². The predicted octanol–water partition coefficient (Wildman–Crippen LogP) is 4.91. The summed E-state index contributed by atoms with van der Waals surface area (Å²) in [6, 6.07) is 7.47. The van der Waals surface area contributed by atoms with Crippen molar-refractivity contribution in [3.8, 4) is 0 Å². The summed E-state index contributed by atoms with van der Waals surface area (Å²) in [5, 5.41) is 3.07. The van der Waals surface area contributed by atoms with Gasteiger partial charge in [0.1, 0.15) is 0 Å². The van der Waals surface area contributed by atoms with Gasteiger partial charge in [0.05, 0.1) is 30.3 Å². The topological polar surface area (TPSA) is 86.3 Å².